The van der Waals surface area contributed by atoms with E-state index in [1.165, 1.54) is 4.88 Å². The van der Waals surface area contributed by atoms with Gasteiger partial charge in [-0.25, -0.2) is 4.98 Å². The van der Waals surface area contributed by atoms with Crippen LogP contribution in [0.5, 0.6) is 5.75 Å². The first-order valence-electron chi connectivity index (χ1n) is 8.74. The predicted octanol–water partition coefficient (Wildman–Crippen LogP) is 4.69. The Bertz CT molecular complexity index is 901. The third-order valence-corrected chi connectivity index (χ3v) is 5.45. The standard InChI is InChI=1S/C20H20N2O3S/c1-13-7-9-16-18(11-13)26-20(21-16)22-19(23)17-10-8-15(25-17)12-24-14-5-3-2-4-6-14/h2-6,8,10,13H,7,9,11-12H2,1H3,(H,21,22,23)/t13-/m1/s1. The van der Waals surface area contributed by atoms with Crippen molar-refractivity contribution in [3.63, 3.8) is 0 Å². The van der Waals surface area contributed by atoms with E-state index in [4.69, 9.17) is 9.15 Å². The number of benzene rings is 1. The van der Waals surface area contributed by atoms with E-state index in [-0.39, 0.29) is 18.3 Å². The lowest BCUT2D eigenvalue weighted by atomic mass is 9.93. The molecule has 2 aromatic heterocycles. The molecule has 1 aromatic carbocycles. The normalized spacial score (nSPS) is 16.1. The van der Waals surface area contributed by atoms with E-state index < -0.39 is 0 Å². The Morgan fingerprint density at radius 3 is 3.00 bits per heavy atom. The van der Waals surface area contributed by atoms with Gasteiger partial charge in [0.2, 0.25) is 0 Å². The molecule has 1 aliphatic rings. The Balaban J connectivity index is 1.37. The molecule has 5 nitrogen and oxygen atoms in total. The van der Waals surface area contributed by atoms with E-state index >= 15 is 0 Å². The maximum absolute atomic E-state index is 12.4. The molecule has 0 unspecified atom stereocenters. The van der Waals surface area contributed by atoms with Crippen molar-refractivity contribution in [3.05, 3.63) is 64.6 Å². The van der Waals surface area contributed by atoms with Crippen LogP contribution in [0.1, 0.15) is 40.2 Å². The average molecular weight is 368 g/mol. The third-order valence-electron chi connectivity index (χ3n) is 4.42. The van der Waals surface area contributed by atoms with E-state index in [0.717, 1.165) is 30.7 Å². The number of amides is 1. The summed E-state index contributed by atoms with van der Waals surface area (Å²) in [4.78, 5) is 18.2. The Hall–Kier alpha value is -2.60. The van der Waals surface area contributed by atoms with E-state index in [1.54, 1.807) is 23.5 Å². The zero-order valence-electron chi connectivity index (χ0n) is 14.5. The number of ether oxygens (including phenoxy) is 1. The molecule has 2 heterocycles. The van der Waals surface area contributed by atoms with Gasteiger partial charge in [-0.05, 0) is 49.4 Å². The van der Waals surface area contributed by atoms with Crippen molar-refractivity contribution in [2.45, 2.75) is 32.8 Å². The quantitative estimate of drug-likeness (QED) is 0.709. The highest BCUT2D eigenvalue weighted by atomic mass is 32.1. The molecule has 26 heavy (non-hydrogen) atoms. The Morgan fingerprint density at radius 1 is 1.31 bits per heavy atom. The maximum Gasteiger partial charge on any atom is 0.293 e. The average Bonchev–Trinajstić information content (AvgIpc) is 3.27. The predicted molar refractivity (Wildman–Crippen MR) is 101 cm³/mol. The second-order valence-corrected chi connectivity index (χ2v) is 7.64. The minimum absolute atomic E-state index is 0.262. The summed E-state index contributed by atoms with van der Waals surface area (Å²) >= 11 is 1.57. The molecule has 0 radical (unpaired) electrons. The first-order valence-corrected chi connectivity index (χ1v) is 9.55. The fourth-order valence-electron chi connectivity index (χ4n) is 3.00. The van der Waals surface area contributed by atoms with E-state index in [9.17, 15) is 4.79 Å². The summed E-state index contributed by atoms with van der Waals surface area (Å²) < 4.78 is 11.2. The fraction of sp³-hybridized carbons (Fsp3) is 0.300. The molecule has 4 rings (SSSR count). The van der Waals surface area contributed by atoms with Gasteiger partial charge < -0.3 is 9.15 Å². The number of aromatic nitrogens is 1. The summed E-state index contributed by atoms with van der Waals surface area (Å²) in [6.07, 6.45) is 3.20. The monoisotopic (exact) mass is 368 g/mol. The van der Waals surface area contributed by atoms with Gasteiger partial charge in [0, 0.05) is 4.88 Å². The first kappa shape index (κ1) is 16.8. The number of hydrogen-bond acceptors (Lipinski definition) is 5. The molecule has 0 saturated carbocycles. The van der Waals surface area contributed by atoms with Gasteiger partial charge in [-0.3, -0.25) is 10.1 Å². The van der Waals surface area contributed by atoms with Gasteiger partial charge in [0.1, 0.15) is 18.1 Å². The molecular weight excluding hydrogens is 348 g/mol. The molecule has 1 amide bonds. The summed E-state index contributed by atoms with van der Waals surface area (Å²) in [5.74, 6) is 2.03. The van der Waals surface area contributed by atoms with Crippen molar-refractivity contribution in [3.8, 4) is 5.75 Å². The van der Waals surface area contributed by atoms with Gasteiger partial charge in [-0.2, -0.15) is 0 Å². The number of rotatable bonds is 5. The zero-order chi connectivity index (χ0) is 17.9. The summed E-state index contributed by atoms with van der Waals surface area (Å²) in [6.45, 7) is 2.53. The fourth-order valence-corrected chi connectivity index (χ4v) is 4.17. The number of para-hydroxylation sites is 1. The lowest BCUT2D eigenvalue weighted by Gasteiger charge is -2.15. The van der Waals surface area contributed by atoms with Gasteiger partial charge in [-0.15, -0.1) is 11.3 Å². The van der Waals surface area contributed by atoms with Crippen LogP contribution < -0.4 is 10.1 Å². The van der Waals surface area contributed by atoms with Crippen molar-refractivity contribution < 1.29 is 13.9 Å². The largest absolute Gasteiger partial charge is 0.486 e. The van der Waals surface area contributed by atoms with Crippen molar-refractivity contribution in [2.24, 2.45) is 5.92 Å². The molecule has 1 atom stereocenters. The first-order chi connectivity index (χ1) is 12.7. The molecule has 3 aromatic rings. The lowest BCUT2D eigenvalue weighted by Crippen LogP contribution is -2.11. The molecule has 1 N–H and O–H groups in total. The highest BCUT2D eigenvalue weighted by Crippen LogP contribution is 2.32. The van der Waals surface area contributed by atoms with Crippen molar-refractivity contribution in [2.75, 3.05) is 5.32 Å². The van der Waals surface area contributed by atoms with Crippen molar-refractivity contribution in [1.29, 1.82) is 0 Å². The molecule has 6 heteroatoms. The van der Waals surface area contributed by atoms with Gasteiger partial charge in [0.25, 0.3) is 5.91 Å². The smallest absolute Gasteiger partial charge is 0.293 e. The Morgan fingerprint density at radius 2 is 2.15 bits per heavy atom. The third kappa shape index (κ3) is 3.80. The highest BCUT2D eigenvalue weighted by Gasteiger charge is 2.21. The summed E-state index contributed by atoms with van der Waals surface area (Å²) in [6, 6.07) is 12.9. The summed E-state index contributed by atoms with van der Waals surface area (Å²) in [5, 5.41) is 3.50. The van der Waals surface area contributed by atoms with Crippen molar-refractivity contribution in [1.82, 2.24) is 4.98 Å². The molecule has 0 aliphatic heterocycles. The van der Waals surface area contributed by atoms with Gasteiger partial charge in [0.05, 0.1) is 5.69 Å². The van der Waals surface area contributed by atoms with Crippen LogP contribution in [0.25, 0.3) is 0 Å². The van der Waals surface area contributed by atoms with Crippen LogP contribution in [-0.2, 0) is 19.4 Å². The Kier molecular flexibility index (Phi) is 4.75. The number of thiazole rings is 1. The number of carbonyl (C=O) groups excluding carboxylic acids is 1. The molecule has 0 spiro atoms. The summed E-state index contributed by atoms with van der Waals surface area (Å²) in [5.41, 5.74) is 1.12. The van der Waals surface area contributed by atoms with Gasteiger partial charge in [-0.1, -0.05) is 25.1 Å². The summed E-state index contributed by atoms with van der Waals surface area (Å²) in [7, 11) is 0. The number of aryl methyl sites for hydroxylation is 1. The van der Waals surface area contributed by atoms with Crippen LogP contribution in [0.4, 0.5) is 5.13 Å². The maximum atomic E-state index is 12.4. The zero-order valence-corrected chi connectivity index (χ0v) is 15.3. The lowest BCUT2D eigenvalue weighted by molar-refractivity contribution is 0.0992. The Labute approximate surface area is 156 Å². The minimum atomic E-state index is -0.282. The minimum Gasteiger partial charge on any atom is -0.486 e. The second kappa shape index (κ2) is 7.33. The topological polar surface area (TPSA) is 64.4 Å². The molecule has 134 valence electrons. The molecule has 0 bridgehead atoms. The number of fused-ring (bicyclic) bond motifs is 1. The van der Waals surface area contributed by atoms with Gasteiger partial charge >= 0.3 is 0 Å². The van der Waals surface area contributed by atoms with Crippen LogP contribution in [0.3, 0.4) is 0 Å². The number of nitrogens with one attached hydrogen (secondary N) is 1. The SMILES string of the molecule is C[C@@H]1CCc2nc(NC(=O)c3ccc(COc4ccccc4)o3)sc2C1. The van der Waals surface area contributed by atoms with Crippen LogP contribution in [-0.4, -0.2) is 10.9 Å². The van der Waals surface area contributed by atoms with Crippen LogP contribution in [0.2, 0.25) is 0 Å². The second-order valence-electron chi connectivity index (χ2n) is 6.56. The number of carbonyl (C=O) groups is 1. The van der Waals surface area contributed by atoms with Crippen LogP contribution in [0.15, 0.2) is 46.9 Å². The number of furan rings is 1. The van der Waals surface area contributed by atoms with E-state index in [2.05, 4.69) is 17.2 Å². The van der Waals surface area contributed by atoms with Crippen LogP contribution >= 0.6 is 11.3 Å². The number of nitrogens with zero attached hydrogens (tertiary/aromatic N) is 1. The van der Waals surface area contributed by atoms with Gasteiger partial charge in [0.15, 0.2) is 10.9 Å². The highest BCUT2D eigenvalue weighted by molar-refractivity contribution is 7.15. The molecule has 0 saturated heterocycles. The molecular formula is C20H20N2O3S. The molecule has 0 fully saturated rings. The molecule has 1 aliphatic carbocycles. The van der Waals surface area contributed by atoms with Crippen LogP contribution in [0, 0.1) is 5.92 Å². The number of hydrogen-bond donors (Lipinski definition) is 1. The van der Waals surface area contributed by atoms with Crippen molar-refractivity contribution >= 4 is 22.4 Å². The van der Waals surface area contributed by atoms with E-state index in [0.29, 0.717) is 16.8 Å². The number of anilines is 1. The van der Waals surface area contributed by atoms with E-state index in [1.807, 2.05) is 30.3 Å².